The van der Waals surface area contributed by atoms with E-state index in [1.807, 2.05) is 6.92 Å². The highest BCUT2D eigenvalue weighted by Gasteiger charge is 2.17. The number of anilines is 1. The van der Waals surface area contributed by atoms with Gasteiger partial charge in [-0.2, -0.15) is 0 Å². The summed E-state index contributed by atoms with van der Waals surface area (Å²) in [5, 5.41) is 14.1. The van der Waals surface area contributed by atoms with Crippen molar-refractivity contribution in [2.45, 2.75) is 6.92 Å². The molecule has 1 aromatic heterocycles. The Morgan fingerprint density at radius 1 is 1.29 bits per heavy atom. The molecule has 0 bridgehead atoms. The lowest BCUT2D eigenvalue weighted by atomic mass is 10.2. The third kappa shape index (κ3) is 3.59. The predicted octanol–water partition coefficient (Wildman–Crippen LogP) is 3.22. The first-order valence-electron chi connectivity index (χ1n) is 6.34. The van der Waals surface area contributed by atoms with Crippen molar-refractivity contribution < 1.29 is 14.4 Å². The average Bonchev–Trinajstić information content (AvgIpc) is 2.47. The summed E-state index contributed by atoms with van der Waals surface area (Å²) in [6, 6.07) is 7.64. The lowest BCUT2D eigenvalue weighted by Gasteiger charge is -2.09. The summed E-state index contributed by atoms with van der Waals surface area (Å²) in [5.74, 6) is 1.70. The minimum absolute atomic E-state index is 0.119. The molecule has 0 aliphatic rings. The minimum atomic E-state index is -0.499. The van der Waals surface area contributed by atoms with Crippen LogP contribution in [-0.4, -0.2) is 23.6 Å². The second kappa shape index (κ2) is 6.56. The van der Waals surface area contributed by atoms with Crippen molar-refractivity contribution in [2.24, 2.45) is 0 Å². The van der Waals surface area contributed by atoms with Crippen LogP contribution in [0.15, 0.2) is 36.5 Å². The summed E-state index contributed by atoms with van der Waals surface area (Å²) in [6.07, 6.45) is 1.57. The van der Waals surface area contributed by atoms with Gasteiger partial charge in [0.05, 0.1) is 12.0 Å². The number of benzene rings is 1. The van der Waals surface area contributed by atoms with E-state index in [9.17, 15) is 10.1 Å². The van der Waals surface area contributed by atoms with Gasteiger partial charge in [-0.15, -0.1) is 0 Å². The van der Waals surface area contributed by atoms with Crippen LogP contribution in [0.1, 0.15) is 6.92 Å². The lowest BCUT2D eigenvalue weighted by molar-refractivity contribution is -0.385. The zero-order valence-electron chi connectivity index (χ0n) is 11.7. The third-order valence-corrected chi connectivity index (χ3v) is 2.68. The number of nitro groups is 1. The molecule has 0 amide bonds. The van der Waals surface area contributed by atoms with Gasteiger partial charge in [-0.1, -0.05) is 0 Å². The molecular weight excluding hydrogens is 274 g/mol. The number of pyridine rings is 1. The molecule has 0 aliphatic carbocycles. The molecule has 2 aromatic rings. The molecule has 0 radical (unpaired) electrons. The molecule has 21 heavy (non-hydrogen) atoms. The Bertz CT molecular complexity index is 646. The Morgan fingerprint density at radius 3 is 2.76 bits per heavy atom. The Hall–Kier alpha value is -2.83. The largest absolute Gasteiger partial charge is 0.497 e. The SMILES string of the molecule is CCNc1cc(Oc2cc(OC)ccc2[N+](=O)[O-])ccn1. The molecule has 110 valence electrons. The van der Waals surface area contributed by atoms with E-state index in [4.69, 9.17) is 9.47 Å². The van der Waals surface area contributed by atoms with Gasteiger partial charge in [0.2, 0.25) is 5.75 Å². The van der Waals surface area contributed by atoms with E-state index in [1.54, 1.807) is 18.3 Å². The van der Waals surface area contributed by atoms with E-state index in [2.05, 4.69) is 10.3 Å². The Kier molecular flexibility index (Phi) is 4.55. The van der Waals surface area contributed by atoms with Crippen molar-refractivity contribution in [3.63, 3.8) is 0 Å². The van der Waals surface area contributed by atoms with Gasteiger partial charge >= 0.3 is 5.69 Å². The third-order valence-electron chi connectivity index (χ3n) is 2.68. The zero-order chi connectivity index (χ0) is 15.2. The number of nitro benzene ring substituents is 1. The highest BCUT2D eigenvalue weighted by molar-refractivity contribution is 5.53. The summed E-state index contributed by atoms with van der Waals surface area (Å²) < 4.78 is 10.7. The molecule has 0 fully saturated rings. The van der Waals surface area contributed by atoms with Gasteiger partial charge in [-0.05, 0) is 19.1 Å². The van der Waals surface area contributed by atoms with Crippen LogP contribution in [0.4, 0.5) is 11.5 Å². The molecule has 7 heteroatoms. The van der Waals surface area contributed by atoms with E-state index >= 15 is 0 Å². The molecule has 0 spiro atoms. The minimum Gasteiger partial charge on any atom is -0.497 e. The van der Waals surface area contributed by atoms with Crippen molar-refractivity contribution in [2.75, 3.05) is 19.0 Å². The number of ether oxygens (including phenoxy) is 2. The fourth-order valence-electron chi connectivity index (χ4n) is 1.73. The Balaban J connectivity index is 2.33. The highest BCUT2D eigenvalue weighted by atomic mass is 16.6. The van der Waals surface area contributed by atoms with Crippen LogP contribution in [0.3, 0.4) is 0 Å². The van der Waals surface area contributed by atoms with E-state index in [1.165, 1.54) is 25.3 Å². The maximum atomic E-state index is 11.0. The molecule has 0 unspecified atom stereocenters. The van der Waals surface area contributed by atoms with Crippen LogP contribution in [0.2, 0.25) is 0 Å². The standard InChI is InChI=1S/C14H15N3O4/c1-3-15-14-9-11(6-7-16-14)21-13-8-10(20-2)4-5-12(13)17(18)19/h4-9H,3H2,1-2H3,(H,15,16). The van der Waals surface area contributed by atoms with Gasteiger partial charge in [0.15, 0.2) is 0 Å². The number of nitrogens with zero attached hydrogens (tertiary/aromatic N) is 2. The highest BCUT2D eigenvalue weighted by Crippen LogP contribution is 2.34. The van der Waals surface area contributed by atoms with Gasteiger partial charge < -0.3 is 14.8 Å². The molecule has 7 nitrogen and oxygen atoms in total. The molecule has 0 aliphatic heterocycles. The first-order valence-corrected chi connectivity index (χ1v) is 6.34. The number of aromatic nitrogens is 1. The van der Waals surface area contributed by atoms with E-state index in [-0.39, 0.29) is 11.4 Å². The van der Waals surface area contributed by atoms with E-state index in [0.29, 0.717) is 17.3 Å². The average molecular weight is 289 g/mol. The molecule has 1 aromatic carbocycles. The number of methoxy groups -OCH3 is 1. The first kappa shape index (κ1) is 14.6. The molecule has 0 atom stereocenters. The number of rotatable bonds is 6. The van der Waals surface area contributed by atoms with E-state index < -0.39 is 4.92 Å². The predicted molar refractivity (Wildman–Crippen MR) is 78.1 cm³/mol. The van der Waals surface area contributed by atoms with Crippen LogP contribution in [0.25, 0.3) is 0 Å². The van der Waals surface area contributed by atoms with Crippen molar-refractivity contribution in [1.82, 2.24) is 4.98 Å². The van der Waals surface area contributed by atoms with Crippen molar-refractivity contribution >= 4 is 11.5 Å². The van der Waals surface area contributed by atoms with E-state index in [0.717, 1.165) is 6.54 Å². The van der Waals surface area contributed by atoms with Gasteiger partial charge in [-0.25, -0.2) is 4.98 Å². The Labute approximate surface area is 121 Å². The van der Waals surface area contributed by atoms with Crippen LogP contribution < -0.4 is 14.8 Å². The summed E-state index contributed by atoms with van der Waals surface area (Å²) in [6.45, 7) is 2.66. The molecule has 1 heterocycles. The van der Waals surface area contributed by atoms with Gasteiger partial charge in [-0.3, -0.25) is 10.1 Å². The zero-order valence-corrected chi connectivity index (χ0v) is 11.7. The second-order valence-electron chi connectivity index (χ2n) is 4.10. The summed E-state index contributed by atoms with van der Waals surface area (Å²) in [5.41, 5.74) is -0.127. The Morgan fingerprint density at radius 2 is 2.10 bits per heavy atom. The van der Waals surface area contributed by atoms with Gasteiger partial charge in [0.25, 0.3) is 0 Å². The number of nitrogens with one attached hydrogen (secondary N) is 1. The quantitative estimate of drug-likeness (QED) is 0.649. The molecule has 0 saturated heterocycles. The molecule has 1 N–H and O–H groups in total. The number of hydrogen-bond acceptors (Lipinski definition) is 6. The monoisotopic (exact) mass is 289 g/mol. The van der Waals surface area contributed by atoms with Crippen LogP contribution in [-0.2, 0) is 0 Å². The smallest absolute Gasteiger partial charge is 0.311 e. The molecular formula is C14H15N3O4. The van der Waals surface area contributed by atoms with Gasteiger partial charge in [0, 0.05) is 30.9 Å². The topological polar surface area (TPSA) is 86.5 Å². The summed E-state index contributed by atoms with van der Waals surface area (Å²) in [4.78, 5) is 14.7. The summed E-state index contributed by atoms with van der Waals surface area (Å²) in [7, 11) is 1.49. The van der Waals surface area contributed by atoms with Crippen LogP contribution >= 0.6 is 0 Å². The fraction of sp³-hybridized carbons (Fsp3) is 0.214. The van der Waals surface area contributed by atoms with Crippen LogP contribution in [0, 0.1) is 10.1 Å². The first-order chi connectivity index (χ1) is 10.1. The second-order valence-corrected chi connectivity index (χ2v) is 4.10. The molecule has 0 saturated carbocycles. The fourth-order valence-corrected chi connectivity index (χ4v) is 1.73. The normalized spacial score (nSPS) is 10.0. The van der Waals surface area contributed by atoms with Crippen LogP contribution in [0.5, 0.6) is 17.2 Å². The summed E-state index contributed by atoms with van der Waals surface area (Å²) >= 11 is 0. The number of hydrogen-bond donors (Lipinski definition) is 1. The van der Waals surface area contributed by atoms with Crippen molar-refractivity contribution in [3.8, 4) is 17.2 Å². The van der Waals surface area contributed by atoms with Crippen molar-refractivity contribution in [3.05, 3.63) is 46.6 Å². The maximum absolute atomic E-state index is 11.0. The van der Waals surface area contributed by atoms with Gasteiger partial charge in [0.1, 0.15) is 17.3 Å². The maximum Gasteiger partial charge on any atom is 0.311 e. The lowest BCUT2D eigenvalue weighted by Crippen LogP contribution is -1.99. The molecule has 2 rings (SSSR count). The van der Waals surface area contributed by atoms with Crippen molar-refractivity contribution in [1.29, 1.82) is 0 Å².